The maximum absolute atomic E-state index is 13.4. The largest absolute Gasteiger partial charge is 0.471 e. The summed E-state index contributed by atoms with van der Waals surface area (Å²) in [7, 11) is 1.85. The normalized spacial score (nSPS) is 11.3. The molecule has 8 nitrogen and oxygen atoms in total. The Bertz CT molecular complexity index is 1420. The predicted molar refractivity (Wildman–Crippen MR) is 131 cm³/mol. The Morgan fingerprint density at radius 3 is 2.47 bits per heavy atom. The third-order valence-electron chi connectivity index (χ3n) is 5.79. The highest BCUT2D eigenvalue weighted by Gasteiger charge is 2.17. The molecule has 0 atom stereocenters. The van der Waals surface area contributed by atoms with Crippen molar-refractivity contribution in [1.29, 1.82) is 0 Å². The average molecular weight is 459 g/mol. The van der Waals surface area contributed by atoms with E-state index in [0.29, 0.717) is 17.3 Å². The van der Waals surface area contributed by atoms with Crippen LogP contribution in [0.3, 0.4) is 0 Å². The molecule has 4 aromatic rings. The van der Waals surface area contributed by atoms with Crippen molar-refractivity contribution in [3.05, 3.63) is 81.0 Å². The van der Waals surface area contributed by atoms with Gasteiger partial charge >= 0.3 is 0 Å². The van der Waals surface area contributed by atoms with E-state index in [9.17, 15) is 4.79 Å². The van der Waals surface area contributed by atoms with Crippen LogP contribution in [0.15, 0.2) is 41.5 Å². The first-order valence-electron chi connectivity index (χ1n) is 11.3. The molecule has 34 heavy (non-hydrogen) atoms. The molecular formula is C26H30N6O2. The van der Waals surface area contributed by atoms with Gasteiger partial charge in [-0.1, -0.05) is 26.0 Å². The fourth-order valence-corrected chi connectivity index (χ4v) is 3.82. The summed E-state index contributed by atoms with van der Waals surface area (Å²) in [5, 5.41) is 4.31. The minimum absolute atomic E-state index is 0.161. The third-order valence-corrected chi connectivity index (χ3v) is 5.79. The number of benzene rings is 1. The van der Waals surface area contributed by atoms with E-state index in [1.54, 1.807) is 16.2 Å². The molecule has 0 saturated heterocycles. The van der Waals surface area contributed by atoms with Gasteiger partial charge in [0.05, 0.1) is 22.6 Å². The van der Waals surface area contributed by atoms with E-state index >= 15 is 0 Å². The Labute approximate surface area is 199 Å². The molecule has 0 N–H and O–H groups in total. The number of hydrogen-bond donors (Lipinski definition) is 0. The van der Waals surface area contributed by atoms with Crippen LogP contribution in [0.5, 0.6) is 5.88 Å². The highest BCUT2D eigenvalue weighted by atomic mass is 16.5. The van der Waals surface area contributed by atoms with Crippen molar-refractivity contribution in [2.75, 3.05) is 0 Å². The molecule has 4 rings (SSSR count). The van der Waals surface area contributed by atoms with E-state index < -0.39 is 0 Å². The summed E-state index contributed by atoms with van der Waals surface area (Å²) in [4.78, 5) is 27.3. The van der Waals surface area contributed by atoms with Crippen LogP contribution in [0.1, 0.15) is 53.8 Å². The molecular weight excluding hydrogens is 428 g/mol. The van der Waals surface area contributed by atoms with Crippen LogP contribution in [0, 0.1) is 27.7 Å². The molecule has 0 saturated carbocycles. The molecule has 0 radical (unpaired) electrons. The number of aryl methyl sites for hydroxylation is 4. The summed E-state index contributed by atoms with van der Waals surface area (Å²) >= 11 is 0. The van der Waals surface area contributed by atoms with Gasteiger partial charge in [-0.3, -0.25) is 14.0 Å². The third kappa shape index (κ3) is 4.48. The molecule has 0 unspecified atom stereocenters. The minimum Gasteiger partial charge on any atom is -0.471 e. The second-order valence-electron chi connectivity index (χ2n) is 8.91. The van der Waals surface area contributed by atoms with E-state index in [1.807, 2.05) is 64.5 Å². The van der Waals surface area contributed by atoms with Gasteiger partial charge in [-0.05, 0) is 51.0 Å². The van der Waals surface area contributed by atoms with Crippen LogP contribution < -0.4 is 10.3 Å². The van der Waals surface area contributed by atoms with Crippen LogP contribution in [-0.4, -0.2) is 29.3 Å². The first-order valence-corrected chi connectivity index (χ1v) is 11.3. The van der Waals surface area contributed by atoms with E-state index in [4.69, 9.17) is 9.72 Å². The van der Waals surface area contributed by atoms with Crippen LogP contribution in [-0.2, 0) is 13.7 Å². The van der Waals surface area contributed by atoms with Gasteiger partial charge in [0.25, 0.3) is 5.56 Å². The Morgan fingerprint density at radius 2 is 1.79 bits per heavy atom. The van der Waals surface area contributed by atoms with Gasteiger partial charge in [-0.25, -0.2) is 9.97 Å². The SMILES string of the molecule is Cc1ccc(-c2nc(C(C)C)ncc2C)cc1-n1c(C)nc(OCc2ccn(C)n2)c(C)c1=O. The molecule has 0 aliphatic rings. The van der Waals surface area contributed by atoms with Crippen molar-refractivity contribution in [3.63, 3.8) is 0 Å². The maximum Gasteiger partial charge on any atom is 0.264 e. The Morgan fingerprint density at radius 1 is 1.03 bits per heavy atom. The lowest BCUT2D eigenvalue weighted by Crippen LogP contribution is -2.26. The van der Waals surface area contributed by atoms with Gasteiger partial charge < -0.3 is 4.74 Å². The van der Waals surface area contributed by atoms with E-state index in [1.165, 1.54) is 0 Å². The van der Waals surface area contributed by atoms with Gasteiger partial charge in [0.2, 0.25) is 5.88 Å². The van der Waals surface area contributed by atoms with Crippen molar-refractivity contribution in [1.82, 2.24) is 29.3 Å². The lowest BCUT2D eigenvalue weighted by Gasteiger charge is -2.17. The number of ether oxygens (including phenoxy) is 1. The second kappa shape index (κ2) is 9.21. The summed E-state index contributed by atoms with van der Waals surface area (Å²) < 4.78 is 9.20. The van der Waals surface area contributed by atoms with Crippen molar-refractivity contribution >= 4 is 0 Å². The van der Waals surface area contributed by atoms with Crippen LogP contribution in [0.4, 0.5) is 0 Å². The van der Waals surface area contributed by atoms with Crippen LogP contribution in [0.2, 0.25) is 0 Å². The van der Waals surface area contributed by atoms with E-state index in [0.717, 1.165) is 39.6 Å². The highest BCUT2D eigenvalue weighted by Crippen LogP contribution is 2.27. The fourth-order valence-electron chi connectivity index (χ4n) is 3.82. The van der Waals surface area contributed by atoms with Crippen molar-refractivity contribution in [2.24, 2.45) is 7.05 Å². The van der Waals surface area contributed by atoms with Gasteiger partial charge in [0.1, 0.15) is 18.3 Å². The molecule has 0 aliphatic heterocycles. The smallest absolute Gasteiger partial charge is 0.264 e. The molecule has 0 spiro atoms. The summed E-state index contributed by atoms with van der Waals surface area (Å²) in [6.07, 6.45) is 3.70. The average Bonchev–Trinajstić information content (AvgIpc) is 3.22. The second-order valence-corrected chi connectivity index (χ2v) is 8.91. The summed E-state index contributed by atoms with van der Waals surface area (Å²) in [5.74, 6) is 1.89. The first kappa shape index (κ1) is 23.4. The standard InChI is InChI=1S/C26H30N6O2/c1-15(2)24-27-13-17(4)23(29-24)20-9-8-16(3)22(12-20)32-19(6)28-25(18(5)26(32)33)34-14-21-10-11-31(7)30-21/h8-13,15H,14H2,1-7H3. The summed E-state index contributed by atoms with van der Waals surface area (Å²) in [5.41, 5.74) is 5.58. The quantitative estimate of drug-likeness (QED) is 0.427. The highest BCUT2D eigenvalue weighted by molar-refractivity contribution is 5.66. The molecule has 8 heteroatoms. The molecule has 0 bridgehead atoms. The van der Waals surface area contributed by atoms with Crippen LogP contribution in [0.25, 0.3) is 16.9 Å². The zero-order chi connectivity index (χ0) is 24.6. The lowest BCUT2D eigenvalue weighted by atomic mass is 10.0. The van der Waals surface area contributed by atoms with Crippen molar-refractivity contribution in [2.45, 2.75) is 54.1 Å². The lowest BCUT2D eigenvalue weighted by molar-refractivity contribution is 0.283. The number of rotatable bonds is 6. The maximum atomic E-state index is 13.4. The summed E-state index contributed by atoms with van der Waals surface area (Å²) in [6, 6.07) is 7.91. The zero-order valence-electron chi connectivity index (χ0n) is 20.7. The molecule has 3 aromatic heterocycles. The Kier molecular flexibility index (Phi) is 6.32. The molecule has 0 amide bonds. The van der Waals surface area contributed by atoms with Gasteiger partial charge in [0, 0.05) is 30.9 Å². The van der Waals surface area contributed by atoms with Gasteiger partial charge in [-0.15, -0.1) is 0 Å². The minimum atomic E-state index is -0.161. The molecule has 0 fully saturated rings. The van der Waals surface area contributed by atoms with Crippen molar-refractivity contribution in [3.8, 4) is 22.8 Å². The monoisotopic (exact) mass is 458 g/mol. The molecule has 1 aromatic carbocycles. The Hall–Kier alpha value is -3.81. The molecule has 0 aliphatic carbocycles. The molecule has 176 valence electrons. The van der Waals surface area contributed by atoms with Gasteiger partial charge in [0.15, 0.2) is 0 Å². The fraction of sp³-hybridized carbons (Fsp3) is 0.346. The topological polar surface area (TPSA) is 87.7 Å². The van der Waals surface area contributed by atoms with E-state index in [-0.39, 0.29) is 18.1 Å². The predicted octanol–water partition coefficient (Wildman–Crippen LogP) is 4.36. The number of hydrogen-bond acceptors (Lipinski definition) is 6. The molecule has 3 heterocycles. The number of nitrogens with zero attached hydrogens (tertiary/aromatic N) is 6. The van der Waals surface area contributed by atoms with Crippen molar-refractivity contribution < 1.29 is 4.74 Å². The zero-order valence-corrected chi connectivity index (χ0v) is 20.7. The van der Waals surface area contributed by atoms with Crippen LogP contribution >= 0.6 is 0 Å². The van der Waals surface area contributed by atoms with E-state index in [2.05, 4.69) is 28.9 Å². The summed E-state index contributed by atoms with van der Waals surface area (Å²) in [6.45, 7) is 11.9. The number of aromatic nitrogens is 6. The van der Waals surface area contributed by atoms with Gasteiger partial charge in [-0.2, -0.15) is 10.1 Å². The first-order chi connectivity index (χ1) is 16.2. The Balaban J connectivity index is 1.76.